The van der Waals surface area contributed by atoms with Gasteiger partial charge in [0.1, 0.15) is 10.7 Å². The number of hydrogen-bond acceptors (Lipinski definition) is 5. The first-order chi connectivity index (χ1) is 16.1. The number of nitrogens with zero attached hydrogens (tertiary/aromatic N) is 3. The highest BCUT2D eigenvalue weighted by Gasteiger charge is 2.19. The quantitative estimate of drug-likeness (QED) is 0.504. The van der Waals surface area contributed by atoms with Crippen molar-refractivity contribution in [1.29, 1.82) is 5.26 Å². The van der Waals surface area contributed by atoms with Gasteiger partial charge in [0.15, 0.2) is 5.57 Å². The number of aromatic nitrogens is 2. The Morgan fingerprint density at radius 3 is 2.33 bits per heavy atom. The van der Waals surface area contributed by atoms with E-state index in [9.17, 15) is 14.9 Å². The molecule has 0 aliphatic rings. The van der Waals surface area contributed by atoms with E-state index in [1.807, 2.05) is 49.4 Å². The summed E-state index contributed by atoms with van der Waals surface area (Å²) in [6.45, 7) is 1.85. The summed E-state index contributed by atoms with van der Waals surface area (Å²) in [5, 5.41) is 12.8. The van der Waals surface area contributed by atoms with Crippen LogP contribution in [0.3, 0.4) is 0 Å². The minimum absolute atomic E-state index is 0.113. The minimum atomic E-state index is -0.532. The lowest BCUT2D eigenvalue weighted by Crippen LogP contribution is -2.34. The van der Waals surface area contributed by atoms with Crippen molar-refractivity contribution in [3.63, 3.8) is 0 Å². The van der Waals surface area contributed by atoms with Crippen LogP contribution in [0, 0.1) is 11.3 Å². The maximum Gasteiger partial charge on any atom is 0.273 e. The Balaban J connectivity index is 1.89. The van der Waals surface area contributed by atoms with Gasteiger partial charge >= 0.3 is 0 Å². The smallest absolute Gasteiger partial charge is 0.273 e. The second-order valence-electron chi connectivity index (χ2n) is 7.27. The van der Waals surface area contributed by atoms with E-state index >= 15 is 0 Å². The first-order valence-corrected chi connectivity index (χ1v) is 11.1. The average Bonchev–Trinajstić information content (AvgIpc) is 3.16. The summed E-state index contributed by atoms with van der Waals surface area (Å²) in [7, 11) is 0. The molecular weight excluding hydrogens is 432 g/mol. The highest BCUT2D eigenvalue weighted by Crippen LogP contribution is 2.12. The van der Waals surface area contributed by atoms with Crippen molar-refractivity contribution in [3.05, 3.63) is 116 Å². The number of thiazole rings is 1. The van der Waals surface area contributed by atoms with Gasteiger partial charge in [0.25, 0.3) is 11.5 Å². The molecule has 4 aromatic rings. The van der Waals surface area contributed by atoms with Crippen molar-refractivity contribution in [2.45, 2.75) is 13.0 Å². The van der Waals surface area contributed by atoms with Crippen LogP contribution in [0.1, 0.15) is 24.1 Å². The molecule has 0 saturated heterocycles. The largest absolute Gasteiger partial charge is 0.345 e. The first kappa shape index (κ1) is 21.9. The zero-order valence-electron chi connectivity index (χ0n) is 17.8. The van der Waals surface area contributed by atoms with Crippen LogP contribution in [-0.4, -0.2) is 15.5 Å². The van der Waals surface area contributed by atoms with Crippen LogP contribution in [0.5, 0.6) is 0 Å². The summed E-state index contributed by atoms with van der Waals surface area (Å²) in [5.41, 5.74) is 1.89. The van der Waals surface area contributed by atoms with Crippen LogP contribution in [0.2, 0.25) is 0 Å². The van der Waals surface area contributed by atoms with E-state index in [2.05, 4.69) is 10.3 Å². The molecule has 0 spiro atoms. The van der Waals surface area contributed by atoms with Gasteiger partial charge in [-0.25, -0.2) is 0 Å². The summed E-state index contributed by atoms with van der Waals surface area (Å²) in [6.07, 6.45) is 5.01. The predicted octanol–water partition coefficient (Wildman–Crippen LogP) is 2.67. The van der Waals surface area contributed by atoms with E-state index in [0.717, 1.165) is 22.5 Å². The Morgan fingerprint density at radius 1 is 1.06 bits per heavy atom. The van der Waals surface area contributed by atoms with E-state index in [1.54, 1.807) is 54.9 Å². The number of para-hydroxylation sites is 1. The molecule has 6 nitrogen and oxygen atoms in total. The molecule has 2 aromatic heterocycles. The molecule has 2 heterocycles. The standard InChI is InChI=1S/C26H20N4O2S/c1-18(20-8-4-2-5-9-20)29-24(31)22(17-27)26-30(21-10-6-3-7-11-21)25(32)23(33-26)16-19-12-14-28-15-13-19/h2-16,18H,1H3,(H,29,31). The fraction of sp³-hybridized carbons (Fsp3) is 0.0769. The Bertz CT molecular complexity index is 1490. The van der Waals surface area contributed by atoms with Crippen LogP contribution < -0.4 is 20.1 Å². The van der Waals surface area contributed by atoms with E-state index < -0.39 is 5.91 Å². The summed E-state index contributed by atoms with van der Waals surface area (Å²) < 4.78 is 2.12. The van der Waals surface area contributed by atoms with Gasteiger partial charge < -0.3 is 5.32 Å². The van der Waals surface area contributed by atoms with Crippen LogP contribution in [-0.2, 0) is 4.79 Å². The van der Waals surface area contributed by atoms with Gasteiger partial charge in [0.2, 0.25) is 0 Å². The number of carbonyl (C=O) groups is 1. The average molecular weight is 453 g/mol. The lowest BCUT2D eigenvalue weighted by Gasteiger charge is -2.13. The molecule has 0 fully saturated rings. The minimum Gasteiger partial charge on any atom is -0.345 e. The van der Waals surface area contributed by atoms with E-state index in [4.69, 9.17) is 0 Å². The molecule has 33 heavy (non-hydrogen) atoms. The number of benzene rings is 2. The molecule has 1 unspecified atom stereocenters. The number of amides is 1. The highest BCUT2D eigenvalue weighted by molar-refractivity contribution is 7.07. The fourth-order valence-electron chi connectivity index (χ4n) is 3.36. The van der Waals surface area contributed by atoms with Gasteiger partial charge in [-0.2, -0.15) is 5.26 Å². The van der Waals surface area contributed by atoms with Gasteiger partial charge in [0.05, 0.1) is 16.3 Å². The Hall–Kier alpha value is -4.28. The normalized spacial score (nSPS) is 13.2. The summed E-state index contributed by atoms with van der Waals surface area (Å²) >= 11 is 1.11. The van der Waals surface area contributed by atoms with Crippen molar-refractivity contribution < 1.29 is 4.79 Å². The molecule has 2 aromatic carbocycles. The highest BCUT2D eigenvalue weighted by atomic mass is 32.1. The molecule has 7 heteroatoms. The third-order valence-electron chi connectivity index (χ3n) is 5.04. The third-order valence-corrected chi connectivity index (χ3v) is 6.13. The molecule has 0 radical (unpaired) electrons. The molecular formula is C26H20N4O2S. The SMILES string of the molecule is CC(NC(=O)C(C#N)=c1sc(=Cc2ccncc2)c(=O)n1-c1ccccc1)c1ccccc1. The molecule has 1 amide bonds. The molecule has 0 aliphatic carbocycles. The molecule has 0 aliphatic heterocycles. The monoisotopic (exact) mass is 452 g/mol. The Morgan fingerprint density at radius 2 is 1.70 bits per heavy atom. The van der Waals surface area contributed by atoms with Crippen LogP contribution in [0.25, 0.3) is 17.3 Å². The van der Waals surface area contributed by atoms with Gasteiger partial charge in [0, 0.05) is 12.4 Å². The van der Waals surface area contributed by atoms with E-state index in [-0.39, 0.29) is 21.8 Å². The second kappa shape index (κ2) is 9.90. The van der Waals surface area contributed by atoms with Gasteiger partial charge in [-0.05, 0) is 48.4 Å². The first-order valence-electron chi connectivity index (χ1n) is 10.3. The van der Waals surface area contributed by atoms with Gasteiger partial charge in [-0.1, -0.05) is 48.5 Å². The van der Waals surface area contributed by atoms with Crippen molar-refractivity contribution in [1.82, 2.24) is 14.9 Å². The zero-order valence-corrected chi connectivity index (χ0v) is 18.6. The number of pyridine rings is 1. The fourth-order valence-corrected chi connectivity index (χ4v) is 4.46. The Labute approximate surface area is 194 Å². The number of rotatable bonds is 5. The van der Waals surface area contributed by atoms with Crippen molar-refractivity contribution in [2.24, 2.45) is 0 Å². The summed E-state index contributed by atoms with van der Waals surface area (Å²) in [5.74, 6) is -0.532. The lowest BCUT2D eigenvalue weighted by atomic mass is 10.1. The van der Waals surface area contributed by atoms with Crippen molar-refractivity contribution in [2.75, 3.05) is 0 Å². The van der Waals surface area contributed by atoms with E-state index in [1.165, 1.54) is 4.57 Å². The number of carbonyl (C=O) groups excluding carboxylic acids is 1. The van der Waals surface area contributed by atoms with Gasteiger partial charge in [-0.15, -0.1) is 11.3 Å². The van der Waals surface area contributed by atoms with Crippen molar-refractivity contribution in [3.8, 4) is 11.8 Å². The second-order valence-corrected chi connectivity index (χ2v) is 8.30. The number of nitriles is 1. The molecule has 162 valence electrons. The number of hydrogen-bond donors (Lipinski definition) is 1. The molecule has 1 N–H and O–H groups in total. The third kappa shape index (κ3) is 4.81. The number of nitrogens with one attached hydrogen (secondary N) is 1. The predicted molar refractivity (Wildman–Crippen MR) is 129 cm³/mol. The Kier molecular flexibility index (Phi) is 6.58. The maximum absolute atomic E-state index is 13.4. The molecule has 1 atom stereocenters. The summed E-state index contributed by atoms with van der Waals surface area (Å²) in [4.78, 5) is 30.5. The molecule has 0 bridgehead atoms. The van der Waals surface area contributed by atoms with Gasteiger partial charge in [-0.3, -0.25) is 19.1 Å². The van der Waals surface area contributed by atoms with Crippen LogP contribution >= 0.6 is 11.3 Å². The lowest BCUT2D eigenvalue weighted by molar-refractivity contribution is -0.116. The molecule has 0 saturated carbocycles. The van der Waals surface area contributed by atoms with Crippen molar-refractivity contribution >= 4 is 28.9 Å². The van der Waals surface area contributed by atoms with Crippen LogP contribution in [0.4, 0.5) is 0 Å². The maximum atomic E-state index is 13.4. The van der Waals surface area contributed by atoms with Crippen LogP contribution in [0.15, 0.2) is 90.0 Å². The topological polar surface area (TPSA) is 87.8 Å². The van der Waals surface area contributed by atoms with E-state index in [0.29, 0.717) is 10.2 Å². The zero-order chi connectivity index (χ0) is 23.2. The molecule has 4 rings (SSSR count). The summed E-state index contributed by atoms with van der Waals surface area (Å²) in [6, 6.07) is 23.8.